The number of esters is 1. The quantitative estimate of drug-likeness (QED) is 0.195. The number of carbonyl (C=O) groups excluding carboxylic acids is 2. The second-order valence-corrected chi connectivity index (χ2v) is 7.41. The number of ether oxygens (including phenoxy) is 1. The number of hydrogen-bond donors (Lipinski definition) is 2. The summed E-state index contributed by atoms with van der Waals surface area (Å²) in [6.45, 7) is 0. The van der Waals surface area contributed by atoms with E-state index >= 15 is 0 Å². The van der Waals surface area contributed by atoms with Gasteiger partial charge in [-0.15, -0.1) is 0 Å². The van der Waals surface area contributed by atoms with Gasteiger partial charge in [-0.25, -0.2) is 13.6 Å². The SMILES string of the molecule is O=C1N[C@H]2[C@H](CS[C@H]2CCCCC(=O)Oc2c(F)c(F)cc(F)c2F)N1. The van der Waals surface area contributed by atoms with Crippen LogP contribution in [0.3, 0.4) is 0 Å². The Hall–Kier alpha value is -1.97. The van der Waals surface area contributed by atoms with Crippen molar-refractivity contribution >= 4 is 23.8 Å². The molecule has 0 aliphatic carbocycles. The summed E-state index contributed by atoms with van der Waals surface area (Å²) in [4.78, 5) is 23.0. The zero-order valence-corrected chi connectivity index (χ0v) is 14.3. The normalized spacial score (nSPS) is 24.2. The Balaban J connectivity index is 1.45. The van der Waals surface area contributed by atoms with Crippen LogP contribution < -0.4 is 15.4 Å². The van der Waals surface area contributed by atoms with Crippen LogP contribution in [0.2, 0.25) is 0 Å². The highest BCUT2D eigenvalue weighted by Crippen LogP contribution is 2.33. The number of hydrogen-bond acceptors (Lipinski definition) is 4. The maximum Gasteiger partial charge on any atom is 0.315 e. The second-order valence-electron chi connectivity index (χ2n) is 6.14. The molecule has 3 atom stereocenters. The largest absolute Gasteiger partial charge is 0.420 e. The molecule has 2 aliphatic rings. The number of rotatable bonds is 6. The Kier molecular flexibility index (Phi) is 5.59. The topological polar surface area (TPSA) is 67.4 Å². The Morgan fingerprint density at radius 3 is 2.54 bits per heavy atom. The summed E-state index contributed by atoms with van der Waals surface area (Å²) in [7, 11) is 0. The van der Waals surface area contributed by atoms with E-state index in [0.29, 0.717) is 12.8 Å². The average Bonchev–Trinajstić information content (AvgIpc) is 3.13. The molecule has 2 aliphatic heterocycles. The van der Waals surface area contributed by atoms with E-state index in [2.05, 4.69) is 15.4 Å². The summed E-state index contributed by atoms with van der Waals surface area (Å²) in [5.74, 6) is -8.26. The first-order valence-corrected chi connectivity index (χ1v) is 9.14. The first kappa shape index (κ1) is 18.8. The predicted molar refractivity (Wildman–Crippen MR) is 85.9 cm³/mol. The van der Waals surface area contributed by atoms with Crippen LogP contribution in [0.4, 0.5) is 22.4 Å². The minimum absolute atomic E-state index is 0.0468. The number of carbonyl (C=O) groups is 2. The van der Waals surface area contributed by atoms with Crippen molar-refractivity contribution in [1.82, 2.24) is 10.6 Å². The highest BCUT2D eigenvalue weighted by molar-refractivity contribution is 8.00. The zero-order chi connectivity index (χ0) is 18.8. The number of unbranched alkanes of at least 4 members (excludes halogenated alkanes) is 1. The van der Waals surface area contributed by atoms with Crippen molar-refractivity contribution in [3.63, 3.8) is 0 Å². The fourth-order valence-electron chi connectivity index (χ4n) is 3.06. The molecule has 0 bridgehead atoms. The van der Waals surface area contributed by atoms with E-state index in [4.69, 9.17) is 0 Å². The number of nitrogens with one attached hydrogen (secondary N) is 2. The first-order chi connectivity index (χ1) is 12.4. The van der Waals surface area contributed by atoms with Gasteiger partial charge in [0, 0.05) is 23.5 Å². The van der Waals surface area contributed by atoms with Gasteiger partial charge in [0.1, 0.15) is 0 Å². The third-order valence-electron chi connectivity index (χ3n) is 4.35. The molecule has 0 unspecified atom stereocenters. The molecular weight excluding hydrogens is 376 g/mol. The van der Waals surface area contributed by atoms with Crippen LogP contribution in [0.15, 0.2) is 6.07 Å². The van der Waals surface area contributed by atoms with Gasteiger partial charge in [-0.3, -0.25) is 4.79 Å². The van der Waals surface area contributed by atoms with E-state index < -0.39 is 35.0 Å². The minimum Gasteiger partial charge on any atom is -0.420 e. The number of thioether (sulfide) groups is 1. The predicted octanol–water partition coefficient (Wildman–Crippen LogP) is 2.87. The summed E-state index contributed by atoms with van der Waals surface area (Å²) in [6.07, 6.45) is 1.62. The van der Waals surface area contributed by atoms with Crippen molar-refractivity contribution < 1.29 is 31.9 Å². The van der Waals surface area contributed by atoms with Crippen LogP contribution in [0.1, 0.15) is 25.7 Å². The van der Waals surface area contributed by atoms with E-state index in [9.17, 15) is 27.2 Å². The Bertz CT molecular complexity index is 708. The van der Waals surface area contributed by atoms with Crippen molar-refractivity contribution in [1.29, 1.82) is 0 Å². The van der Waals surface area contributed by atoms with Gasteiger partial charge >= 0.3 is 12.0 Å². The van der Waals surface area contributed by atoms with Crippen molar-refractivity contribution in [3.8, 4) is 5.75 Å². The molecule has 2 saturated heterocycles. The van der Waals surface area contributed by atoms with Crippen LogP contribution in [-0.4, -0.2) is 35.1 Å². The molecule has 142 valence electrons. The number of halogens is 4. The van der Waals surface area contributed by atoms with Gasteiger partial charge in [0.15, 0.2) is 11.6 Å². The highest BCUT2D eigenvalue weighted by atomic mass is 32.2. The lowest BCUT2D eigenvalue weighted by molar-refractivity contribution is -0.135. The van der Waals surface area contributed by atoms with E-state index in [0.717, 1.165) is 12.2 Å². The van der Waals surface area contributed by atoms with E-state index in [1.54, 1.807) is 11.8 Å². The molecular formula is C16H16F4N2O3S. The first-order valence-electron chi connectivity index (χ1n) is 8.09. The molecule has 26 heavy (non-hydrogen) atoms. The standard InChI is InChI=1S/C16H16F4N2O3S/c17-7-5-8(18)13(20)15(12(7)19)25-11(23)4-2-1-3-10-14-9(6-26-10)21-16(24)22-14/h5,9-10,14H,1-4,6H2,(H2,21,22,24)/t9-,10-,14-/m0/s1. The van der Waals surface area contributed by atoms with E-state index in [1.165, 1.54) is 0 Å². The van der Waals surface area contributed by atoms with Gasteiger partial charge < -0.3 is 15.4 Å². The van der Waals surface area contributed by atoms with Crippen LogP contribution in [0.25, 0.3) is 0 Å². The van der Waals surface area contributed by atoms with Gasteiger partial charge in [0.25, 0.3) is 0 Å². The van der Waals surface area contributed by atoms with Crippen LogP contribution in [0.5, 0.6) is 5.75 Å². The zero-order valence-electron chi connectivity index (χ0n) is 13.5. The maximum absolute atomic E-state index is 13.4. The molecule has 2 N–H and O–H groups in total. The molecule has 1 aromatic rings. The summed E-state index contributed by atoms with van der Waals surface area (Å²) in [5.41, 5.74) is 0. The lowest BCUT2D eigenvalue weighted by Crippen LogP contribution is -2.36. The average molecular weight is 392 g/mol. The Labute approximate surface area is 150 Å². The molecule has 1 aromatic carbocycles. The van der Waals surface area contributed by atoms with Gasteiger partial charge in [0.2, 0.25) is 17.4 Å². The lowest BCUT2D eigenvalue weighted by atomic mass is 10.0. The minimum atomic E-state index is -1.74. The molecule has 0 spiro atoms. The van der Waals surface area contributed by atoms with E-state index in [1.807, 2.05) is 0 Å². The maximum atomic E-state index is 13.4. The van der Waals surface area contributed by atoms with Crippen molar-refractivity contribution in [3.05, 3.63) is 29.3 Å². The molecule has 0 saturated carbocycles. The molecule has 3 rings (SSSR count). The van der Waals surface area contributed by atoms with Gasteiger partial charge in [-0.1, -0.05) is 6.42 Å². The van der Waals surface area contributed by atoms with Crippen molar-refractivity contribution in [2.75, 3.05) is 5.75 Å². The van der Waals surface area contributed by atoms with Gasteiger partial charge in [-0.2, -0.15) is 20.5 Å². The van der Waals surface area contributed by atoms with Gasteiger partial charge in [-0.05, 0) is 12.8 Å². The number of fused-ring (bicyclic) bond motifs is 1. The van der Waals surface area contributed by atoms with Crippen LogP contribution >= 0.6 is 11.8 Å². The Morgan fingerprint density at radius 2 is 1.85 bits per heavy atom. The molecule has 5 nitrogen and oxygen atoms in total. The lowest BCUT2D eigenvalue weighted by Gasteiger charge is -2.16. The van der Waals surface area contributed by atoms with Crippen molar-refractivity contribution in [2.24, 2.45) is 0 Å². The molecule has 2 heterocycles. The number of urea groups is 1. The number of benzene rings is 1. The number of amides is 2. The third kappa shape index (κ3) is 3.89. The fourth-order valence-corrected chi connectivity index (χ4v) is 4.61. The smallest absolute Gasteiger partial charge is 0.315 e. The Morgan fingerprint density at radius 1 is 1.15 bits per heavy atom. The molecule has 2 fully saturated rings. The molecule has 10 heteroatoms. The molecule has 2 amide bonds. The highest BCUT2D eigenvalue weighted by Gasteiger charge is 2.42. The fraction of sp³-hybridized carbons (Fsp3) is 0.500. The molecule has 0 radical (unpaired) electrons. The summed E-state index contributed by atoms with van der Waals surface area (Å²) >= 11 is 1.73. The summed E-state index contributed by atoms with van der Waals surface area (Å²) in [6, 6.07) is 0.0278. The van der Waals surface area contributed by atoms with Gasteiger partial charge in [0.05, 0.1) is 12.1 Å². The van der Waals surface area contributed by atoms with Crippen LogP contribution in [0, 0.1) is 23.3 Å². The second kappa shape index (κ2) is 7.73. The van der Waals surface area contributed by atoms with Crippen LogP contribution in [-0.2, 0) is 4.79 Å². The monoisotopic (exact) mass is 392 g/mol. The summed E-state index contributed by atoms with van der Waals surface area (Å²) < 4.78 is 57.5. The summed E-state index contributed by atoms with van der Waals surface area (Å²) in [5, 5.41) is 5.90. The van der Waals surface area contributed by atoms with E-state index in [-0.39, 0.29) is 35.9 Å². The third-order valence-corrected chi connectivity index (χ3v) is 5.85. The molecule has 0 aromatic heterocycles. The van der Waals surface area contributed by atoms with Crippen molar-refractivity contribution in [2.45, 2.75) is 43.0 Å².